The average Bonchev–Trinajstić information content (AvgIpc) is 2.34. The summed E-state index contributed by atoms with van der Waals surface area (Å²) in [6.45, 7) is 7.69. The van der Waals surface area contributed by atoms with Gasteiger partial charge in [-0.25, -0.2) is 4.79 Å². The maximum atomic E-state index is 12.1. The van der Waals surface area contributed by atoms with Crippen LogP contribution in [0.4, 0.5) is 0 Å². The molecule has 0 aliphatic carbocycles. The standard InChI is InChI=1S/C14H19NO3Si/c1-11-7-6-8-12(9-11)14(10-15,13(16)17-2)18-19(3,4)5/h6-9H,1-5H3. The molecule has 19 heavy (non-hydrogen) atoms. The number of nitrogens with zero attached hydrogens (tertiary/aromatic N) is 1. The Bertz CT molecular complexity index is 516. The third-order valence-electron chi connectivity index (χ3n) is 2.51. The van der Waals surface area contributed by atoms with Crippen LogP contribution in [0, 0.1) is 18.3 Å². The number of hydrogen-bond donors (Lipinski definition) is 0. The number of aryl methyl sites for hydroxylation is 1. The van der Waals surface area contributed by atoms with Crippen LogP contribution in [-0.4, -0.2) is 21.4 Å². The number of methoxy groups -OCH3 is 1. The summed E-state index contributed by atoms with van der Waals surface area (Å²) >= 11 is 0. The van der Waals surface area contributed by atoms with Crippen molar-refractivity contribution >= 4 is 14.3 Å². The summed E-state index contributed by atoms with van der Waals surface area (Å²) in [5.41, 5.74) is -0.199. The first-order valence-corrected chi connectivity index (χ1v) is 9.43. The maximum absolute atomic E-state index is 12.1. The summed E-state index contributed by atoms with van der Waals surface area (Å²) in [7, 11) is -0.854. The Morgan fingerprint density at radius 1 is 1.37 bits per heavy atom. The highest BCUT2D eigenvalue weighted by Gasteiger charge is 2.46. The molecule has 0 amide bonds. The van der Waals surface area contributed by atoms with Crippen molar-refractivity contribution in [1.82, 2.24) is 0 Å². The highest BCUT2D eigenvalue weighted by Crippen LogP contribution is 2.31. The minimum Gasteiger partial charge on any atom is -0.466 e. The van der Waals surface area contributed by atoms with E-state index >= 15 is 0 Å². The first-order chi connectivity index (χ1) is 8.75. The van der Waals surface area contributed by atoms with Crippen LogP contribution in [0.5, 0.6) is 0 Å². The lowest BCUT2D eigenvalue weighted by Gasteiger charge is -2.31. The Morgan fingerprint density at radius 3 is 2.42 bits per heavy atom. The molecule has 1 atom stereocenters. The van der Waals surface area contributed by atoms with Crippen LogP contribution in [0.25, 0.3) is 0 Å². The van der Waals surface area contributed by atoms with Gasteiger partial charge >= 0.3 is 5.97 Å². The van der Waals surface area contributed by atoms with Gasteiger partial charge in [-0.15, -0.1) is 0 Å². The number of carbonyl (C=O) groups is 1. The van der Waals surface area contributed by atoms with Gasteiger partial charge in [-0.2, -0.15) is 5.26 Å². The Kier molecular flexibility index (Phi) is 4.50. The average molecular weight is 277 g/mol. The number of benzene rings is 1. The molecule has 0 saturated carbocycles. The first kappa shape index (κ1) is 15.4. The predicted octanol–water partition coefficient (Wildman–Crippen LogP) is 2.74. The zero-order valence-corrected chi connectivity index (χ0v) is 13.0. The topological polar surface area (TPSA) is 59.3 Å². The van der Waals surface area contributed by atoms with E-state index in [4.69, 9.17) is 9.16 Å². The number of rotatable bonds is 4. The zero-order chi connectivity index (χ0) is 14.7. The summed E-state index contributed by atoms with van der Waals surface area (Å²) < 4.78 is 10.7. The van der Waals surface area contributed by atoms with Gasteiger partial charge in [-0.05, 0) is 26.6 Å². The van der Waals surface area contributed by atoms with Crippen molar-refractivity contribution in [2.24, 2.45) is 0 Å². The largest absolute Gasteiger partial charge is 0.466 e. The molecule has 0 saturated heterocycles. The molecule has 5 heteroatoms. The monoisotopic (exact) mass is 277 g/mol. The molecule has 0 N–H and O–H groups in total. The van der Waals surface area contributed by atoms with E-state index in [1.807, 2.05) is 38.7 Å². The van der Waals surface area contributed by atoms with E-state index in [2.05, 4.69) is 0 Å². The molecule has 0 spiro atoms. The molecule has 1 rings (SSSR count). The molecule has 0 heterocycles. The molecule has 102 valence electrons. The molecule has 0 aromatic heterocycles. The van der Waals surface area contributed by atoms with E-state index in [-0.39, 0.29) is 0 Å². The number of nitriles is 1. The lowest BCUT2D eigenvalue weighted by molar-refractivity contribution is -0.155. The molecule has 1 aromatic rings. The second-order valence-corrected chi connectivity index (χ2v) is 9.80. The molecule has 4 nitrogen and oxygen atoms in total. The van der Waals surface area contributed by atoms with Crippen LogP contribution in [0.3, 0.4) is 0 Å². The fraction of sp³-hybridized carbons (Fsp3) is 0.429. The molecule has 0 bridgehead atoms. The fourth-order valence-electron chi connectivity index (χ4n) is 1.82. The van der Waals surface area contributed by atoms with E-state index in [1.54, 1.807) is 18.2 Å². The normalized spacial score (nSPS) is 14.3. The maximum Gasteiger partial charge on any atom is 0.357 e. The van der Waals surface area contributed by atoms with Crippen molar-refractivity contribution in [3.05, 3.63) is 35.4 Å². The molecule has 0 radical (unpaired) electrons. The predicted molar refractivity (Wildman–Crippen MR) is 74.9 cm³/mol. The number of ether oxygens (including phenoxy) is 1. The van der Waals surface area contributed by atoms with Crippen LogP contribution in [0.2, 0.25) is 19.6 Å². The molecule has 1 aromatic carbocycles. The molecular weight excluding hydrogens is 258 g/mol. The van der Waals surface area contributed by atoms with Gasteiger partial charge in [0, 0.05) is 5.56 Å². The summed E-state index contributed by atoms with van der Waals surface area (Å²) in [6, 6.07) is 9.20. The van der Waals surface area contributed by atoms with Crippen LogP contribution < -0.4 is 0 Å². The smallest absolute Gasteiger partial charge is 0.357 e. The Labute approximate surface area is 115 Å². The lowest BCUT2D eigenvalue weighted by atomic mass is 9.94. The van der Waals surface area contributed by atoms with Gasteiger partial charge in [0.1, 0.15) is 6.07 Å². The van der Waals surface area contributed by atoms with E-state index in [0.29, 0.717) is 5.56 Å². The van der Waals surface area contributed by atoms with Gasteiger partial charge in [0.05, 0.1) is 7.11 Å². The quantitative estimate of drug-likeness (QED) is 0.627. The van der Waals surface area contributed by atoms with Crippen molar-refractivity contribution in [2.45, 2.75) is 32.2 Å². The van der Waals surface area contributed by atoms with E-state index in [9.17, 15) is 10.1 Å². The minimum atomic E-state index is -2.12. The van der Waals surface area contributed by atoms with E-state index < -0.39 is 19.9 Å². The van der Waals surface area contributed by atoms with Crippen molar-refractivity contribution in [3.63, 3.8) is 0 Å². The van der Waals surface area contributed by atoms with Gasteiger partial charge in [0.15, 0.2) is 8.32 Å². The molecular formula is C14H19NO3Si. The van der Waals surface area contributed by atoms with Crippen molar-refractivity contribution in [2.75, 3.05) is 7.11 Å². The van der Waals surface area contributed by atoms with Crippen molar-refractivity contribution in [1.29, 1.82) is 5.26 Å². The Morgan fingerprint density at radius 2 is 2.00 bits per heavy atom. The van der Waals surface area contributed by atoms with Gasteiger partial charge in [-0.1, -0.05) is 29.8 Å². The van der Waals surface area contributed by atoms with E-state index in [1.165, 1.54) is 7.11 Å². The SMILES string of the molecule is COC(=O)C(C#N)(O[Si](C)(C)C)c1cccc(C)c1. The molecule has 0 fully saturated rings. The summed E-state index contributed by atoms with van der Waals surface area (Å²) in [4.78, 5) is 12.1. The Balaban J connectivity index is 3.42. The fourth-order valence-corrected chi connectivity index (χ4v) is 2.98. The highest BCUT2D eigenvalue weighted by atomic mass is 28.4. The first-order valence-electron chi connectivity index (χ1n) is 6.02. The second-order valence-electron chi connectivity index (χ2n) is 5.37. The Hall–Kier alpha value is -1.64. The van der Waals surface area contributed by atoms with Gasteiger partial charge in [0.25, 0.3) is 5.60 Å². The number of carbonyl (C=O) groups excluding carboxylic acids is 1. The third-order valence-corrected chi connectivity index (χ3v) is 3.43. The number of esters is 1. The minimum absolute atomic E-state index is 0.518. The van der Waals surface area contributed by atoms with Crippen LogP contribution in [-0.2, 0) is 19.6 Å². The van der Waals surface area contributed by atoms with Crippen molar-refractivity contribution < 1.29 is 14.0 Å². The zero-order valence-electron chi connectivity index (χ0n) is 12.0. The van der Waals surface area contributed by atoms with Gasteiger partial charge in [-0.3, -0.25) is 0 Å². The van der Waals surface area contributed by atoms with Gasteiger partial charge in [0.2, 0.25) is 0 Å². The summed E-state index contributed by atoms with van der Waals surface area (Å²) in [5, 5.41) is 9.53. The summed E-state index contributed by atoms with van der Waals surface area (Å²) in [6.07, 6.45) is 0. The number of hydrogen-bond acceptors (Lipinski definition) is 4. The second kappa shape index (κ2) is 5.55. The molecule has 1 unspecified atom stereocenters. The van der Waals surface area contributed by atoms with Crippen LogP contribution >= 0.6 is 0 Å². The van der Waals surface area contributed by atoms with E-state index in [0.717, 1.165) is 5.56 Å². The third kappa shape index (κ3) is 3.43. The summed E-state index contributed by atoms with van der Waals surface area (Å²) in [5.74, 6) is -0.678. The lowest BCUT2D eigenvalue weighted by Crippen LogP contribution is -2.46. The van der Waals surface area contributed by atoms with Gasteiger partial charge < -0.3 is 9.16 Å². The van der Waals surface area contributed by atoms with Crippen LogP contribution in [0.1, 0.15) is 11.1 Å². The molecule has 0 aliphatic heterocycles. The molecule has 0 aliphatic rings. The van der Waals surface area contributed by atoms with Crippen LogP contribution in [0.15, 0.2) is 24.3 Å². The van der Waals surface area contributed by atoms with Crippen molar-refractivity contribution in [3.8, 4) is 6.07 Å². The highest BCUT2D eigenvalue weighted by molar-refractivity contribution is 6.70.